The van der Waals surface area contributed by atoms with Crippen LogP contribution in [0.5, 0.6) is 0 Å². The first-order valence-electron chi connectivity index (χ1n) is 7.22. The summed E-state index contributed by atoms with van der Waals surface area (Å²) in [6.45, 7) is 2.06. The fourth-order valence-corrected chi connectivity index (χ4v) is 3.14. The molecule has 1 aromatic heterocycles. The summed E-state index contributed by atoms with van der Waals surface area (Å²) in [5, 5.41) is 10.4. The monoisotopic (exact) mass is 324 g/mol. The molecule has 0 saturated heterocycles. The lowest BCUT2D eigenvalue weighted by molar-refractivity contribution is 0.0600. The van der Waals surface area contributed by atoms with Gasteiger partial charge in [-0.25, -0.2) is 4.79 Å². The zero-order valence-electron chi connectivity index (χ0n) is 12.9. The Bertz CT molecular complexity index is 825. The molecule has 116 valence electrons. The average molecular weight is 324 g/mol. The van der Waals surface area contributed by atoms with Crippen molar-refractivity contribution in [2.24, 2.45) is 0 Å². The van der Waals surface area contributed by atoms with Crippen LogP contribution in [0.3, 0.4) is 0 Å². The van der Waals surface area contributed by atoms with Crippen molar-refractivity contribution in [1.82, 2.24) is 10.2 Å². The van der Waals surface area contributed by atoms with E-state index in [1.54, 1.807) is 23.5 Å². The molecule has 0 aliphatic heterocycles. The average Bonchev–Trinajstić information content (AvgIpc) is 3.03. The predicted molar refractivity (Wildman–Crippen MR) is 90.7 cm³/mol. The molecule has 0 radical (unpaired) electrons. The largest absolute Gasteiger partial charge is 0.465 e. The minimum absolute atomic E-state index is 0.325. The molecule has 3 aromatic rings. The number of esters is 1. The summed E-state index contributed by atoms with van der Waals surface area (Å²) >= 11 is 1.59. The van der Waals surface area contributed by atoms with Gasteiger partial charge in [0, 0.05) is 12.0 Å². The van der Waals surface area contributed by atoms with Crippen molar-refractivity contribution < 1.29 is 9.53 Å². The SMILES string of the molecule is COC(=O)c1ccc(Cc2nnc(-c3cccc(C)c3)s2)cc1. The van der Waals surface area contributed by atoms with Crippen LogP contribution in [0.4, 0.5) is 0 Å². The topological polar surface area (TPSA) is 52.1 Å². The molecule has 0 unspecified atom stereocenters. The first-order chi connectivity index (χ1) is 11.2. The van der Waals surface area contributed by atoms with E-state index in [0.717, 1.165) is 21.1 Å². The van der Waals surface area contributed by atoms with Crippen LogP contribution in [-0.4, -0.2) is 23.3 Å². The first kappa shape index (κ1) is 15.4. The van der Waals surface area contributed by atoms with Gasteiger partial charge in [-0.2, -0.15) is 0 Å². The third-order valence-corrected chi connectivity index (χ3v) is 4.43. The Morgan fingerprint density at radius 3 is 2.61 bits per heavy atom. The second-order valence-electron chi connectivity index (χ2n) is 5.24. The van der Waals surface area contributed by atoms with Crippen LogP contribution in [-0.2, 0) is 11.2 Å². The number of aromatic nitrogens is 2. The van der Waals surface area contributed by atoms with Crippen LogP contribution in [0.25, 0.3) is 10.6 Å². The minimum Gasteiger partial charge on any atom is -0.465 e. The molecule has 4 nitrogen and oxygen atoms in total. The number of hydrogen-bond acceptors (Lipinski definition) is 5. The van der Waals surface area contributed by atoms with E-state index >= 15 is 0 Å². The summed E-state index contributed by atoms with van der Waals surface area (Å²) in [4.78, 5) is 11.4. The van der Waals surface area contributed by atoms with E-state index in [9.17, 15) is 4.79 Å². The molecular formula is C18H16N2O2S. The fourth-order valence-electron chi connectivity index (χ4n) is 2.27. The third-order valence-electron chi connectivity index (χ3n) is 3.46. The number of methoxy groups -OCH3 is 1. The maximum atomic E-state index is 11.4. The Morgan fingerprint density at radius 2 is 1.91 bits per heavy atom. The third kappa shape index (κ3) is 3.63. The predicted octanol–water partition coefficient (Wildman–Crippen LogP) is 3.89. The fraction of sp³-hybridized carbons (Fsp3) is 0.167. The normalized spacial score (nSPS) is 10.5. The Labute approximate surface area is 138 Å². The number of rotatable bonds is 4. The number of hydrogen-bond donors (Lipinski definition) is 0. The maximum absolute atomic E-state index is 11.4. The highest BCUT2D eigenvalue weighted by Crippen LogP contribution is 2.25. The van der Waals surface area contributed by atoms with E-state index in [2.05, 4.69) is 29.3 Å². The summed E-state index contributed by atoms with van der Waals surface area (Å²) in [5.74, 6) is -0.325. The number of ether oxygens (including phenoxy) is 1. The molecule has 0 bridgehead atoms. The van der Waals surface area contributed by atoms with Crippen molar-refractivity contribution in [2.75, 3.05) is 7.11 Å². The highest BCUT2D eigenvalue weighted by Gasteiger charge is 2.09. The van der Waals surface area contributed by atoms with Gasteiger partial charge in [0.15, 0.2) is 0 Å². The second kappa shape index (κ2) is 6.71. The molecule has 23 heavy (non-hydrogen) atoms. The highest BCUT2D eigenvalue weighted by atomic mass is 32.1. The van der Waals surface area contributed by atoms with Gasteiger partial charge in [-0.15, -0.1) is 10.2 Å². The summed E-state index contributed by atoms with van der Waals surface area (Å²) in [5.41, 5.74) is 3.94. The molecule has 0 aliphatic carbocycles. The zero-order valence-corrected chi connectivity index (χ0v) is 13.8. The molecular weight excluding hydrogens is 308 g/mol. The Kier molecular flexibility index (Phi) is 4.48. The molecule has 0 N–H and O–H groups in total. The zero-order chi connectivity index (χ0) is 16.2. The molecule has 0 aliphatic rings. The molecule has 0 saturated carbocycles. The van der Waals surface area contributed by atoms with Gasteiger partial charge in [0.25, 0.3) is 0 Å². The van der Waals surface area contributed by atoms with Gasteiger partial charge >= 0.3 is 5.97 Å². The Hall–Kier alpha value is -2.53. The summed E-state index contributed by atoms with van der Waals surface area (Å²) in [7, 11) is 1.38. The molecule has 5 heteroatoms. The number of benzene rings is 2. The van der Waals surface area contributed by atoms with Gasteiger partial charge in [-0.05, 0) is 30.7 Å². The van der Waals surface area contributed by atoms with E-state index in [-0.39, 0.29) is 5.97 Å². The molecule has 0 fully saturated rings. The van der Waals surface area contributed by atoms with Crippen molar-refractivity contribution in [1.29, 1.82) is 0 Å². The van der Waals surface area contributed by atoms with Gasteiger partial charge < -0.3 is 4.74 Å². The van der Waals surface area contributed by atoms with Gasteiger partial charge in [0.05, 0.1) is 12.7 Å². The first-order valence-corrected chi connectivity index (χ1v) is 8.04. The molecule has 2 aromatic carbocycles. The summed E-state index contributed by atoms with van der Waals surface area (Å²) in [6.07, 6.45) is 0.699. The van der Waals surface area contributed by atoms with Crippen LogP contribution >= 0.6 is 11.3 Å². The van der Waals surface area contributed by atoms with Crippen molar-refractivity contribution in [2.45, 2.75) is 13.3 Å². The highest BCUT2D eigenvalue weighted by molar-refractivity contribution is 7.14. The second-order valence-corrected chi connectivity index (χ2v) is 6.30. The van der Waals surface area contributed by atoms with Crippen molar-refractivity contribution in [3.05, 3.63) is 70.2 Å². The molecule has 3 rings (SSSR count). The number of carbonyl (C=O) groups excluding carboxylic acids is 1. The van der Waals surface area contributed by atoms with Crippen molar-refractivity contribution >= 4 is 17.3 Å². The van der Waals surface area contributed by atoms with Crippen LogP contribution in [0.2, 0.25) is 0 Å². The van der Waals surface area contributed by atoms with E-state index in [4.69, 9.17) is 4.74 Å². The van der Waals surface area contributed by atoms with E-state index in [1.807, 2.05) is 24.3 Å². The number of carbonyl (C=O) groups is 1. The van der Waals surface area contributed by atoms with Gasteiger partial charge in [0.1, 0.15) is 10.0 Å². The van der Waals surface area contributed by atoms with E-state index in [0.29, 0.717) is 12.0 Å². The van der Waals surface area contributed by atoms with Gasteiger partial charge in [-0.3, -0.25) is 0 Å². The molecule has 1 heterocycles. The van der Waals surface area contributed by atoms with Crippen molar-refractivity contribution in [3.63, 3.8) is 0 Å². The molecule has 0 spiro atoms. The molecule has 0 atom stereocenters. The summed E-state index contributed by atoms with van der Waals surface area (Å²) < 4.78 is 4.70. The van der Waals surface area contributed by atoms with E-state index in [1.165, 1.54) is 12.7 Å². The van der Waals surface area contributed by atoms with Crippen LogP contribution < -0.4 is 0 Å². The lowest BCUT2D eigenvalue weighted by atomic mass is 10.1. The van der Waals surface area contributed by atoms with Crippen LogP contribution in [0.1, 0.15) is 26.5 Å². The smallest absolute Gasteiger partial charge is 0.337 e. The van der Waals surface area contributed by atoms with E-state index < -0.39 is 0 Å². The maximum Gasteiger partial charge on any atom is 0.337 e. The summed E-state index contributed by atoms with van der Waals surface area (Å²) in [6, 6.07) is 15.6. The lowest BCUT2D eigenvalue weighted by Gasteiger charge is -2.01. The minimum atomic E-state index is -0.325. The Balaban J connectivity index is 1.75. The van der Waals surface area contributed by atoms with Crippen LogP contribution in [0.15, 0.2) is 48.5 Å². The quantitative estimate of drug-likeness (QED) is 0.683. The number of aryl methyl sites for hydroxylation is 1. The Morgan fingerprint density at radius 1 is 1.13 bits per heavy atom. The lowest BCUT2D eigenvalue weighted by Crippen LogP contribution is -2.00. The van der Waals surface area contributed by atoms with Gasteiger partial charge in [0.2, 0.25) is 0 Å². The van der Waals surface area contributed by atoms with Crippen molar-refractivity contribution in [3.8, 4) is 10.6 Å². The standard InChI is InChI=1S/C18H16N2O2S/c1-12-4-3-5-15(10-12)17-20-19-16(23-17)11-13-6-8-14(9-7-13)18(21)22-2/h3-10H,11H2,1-2H3. The van der Waals surface area contributed by atoms with Crippen LogP contribution in [0, 0.1) is 6.92 Å². The number of nitrogens with zero attached hydrogens (tertiary/aromatic N) is 2. The molecule has 0 amide bonds. The van der Waals surface area contributed by atoms with Gasteiger partial charge in [-0.1, -0.05) is 47.2 Å².